The van der Waals surface area contributed by atoms with Gasteiger partial charge in [-0.1, -0.05) is 51.9 Å². The summed E-state index contributed by atoms with van der Waals surface area (Å²) in [4.78, 5) is 0. The highest BCUT2D eigenvalue weighted by Gasteiger charge is 1.93. The van der Waals surface area contributed by atoms with Crippen LogP contribution in [0.15, 0.2) is 0 Å². The molecular formula is C16H33ClO2. The van der Waals surface area contributed by atoms with E-state index in [0.717, 1.165) is 45.1 Å². The molecule has 0 heterocycles. The summed E-state index contributed by atoms with van der Waals surface area (Å²) >= 11 is 5.61. The number of rotatable bonds is 16. The van der Waals surface area contributed by atoms with Crippen molar-refractivity contribution in [1.82, 2.24) is 0 Å². The summed E-state index contributed by atoms with van der Waals surface area (Å²) in [7, 11) is 0. The smallest absolute Gasteiger partial charge is 0.0700 e. The summed E-state index contributed by atoms with van der Waals surface area (Å²) in [5.74, 6) is 0.785. The van der Waals surface area contributed by atoms with Gasteiger partial charge in [-0.25, -0.2) is 0 Å². The summed E-state index contributed by atoms with van der Waals surface area (Å²) in [6, 6.07) is 0. The molecule has 0 aromatic rings. The zero-order valence-corrected chi connectivity index (χ0v) is 13.6. The fraction of sp³-hybridized carbons (Fsp3) is 1.00. The average molecular weight is 293 g/mol. The van der Waals surface area contributed by atoms with Crippen LogP contribution in [-0.2, 0) is 9.47 Å². The standard InChI is InChI=1S/C16H33ClO2/c1-2-3-4-5-7-10-13-18-15-16-19-14-11-8-6-9-12-17/h2-16H2,1H3. The SMILES string of the molecule is CCCCCCCCOCCOCCCCCCCl. The lowest BCUT2D eigenvalue weighted by Gasteiger charge is -2.06. The van der Waals surface area contributed by atoms with Crippen LogP contribution < -0.4 is 0 Å². The number of alkyl halides is 1. The first-order valence-corrected chi connectivity index (χ1v) is 8.66. The monoisotopic (exact) mass is 292 g/mol. The maximum Gasteiger partial charge on any atom is 0.0700 e. The van der Waals surface area contributed by atoms with Crippen LogP contribution in [0.5, 0.6) is 0 Å². The van der Waals surface area contributed by atoms with E-state index in [1.807, 2.05) is 0 Å². The lowest BCUT2D eigenvalue weighted by molar-refractivity contribution is 0.0449. The van der Waals surface area contributed by atoms with Crippen LogP contribution in [0.25, 0.3) is 0 Å². The van der Waals surface area contributed by atoms with Crippen molar-refractivity contribution < 1.29 is 9.47 Å². The molecule has 0 aliphatic rings. The van der Waals surface area contributed by atoms with Crippen molar-refractivity contribution in [1.29, 1.82) is 0 Å². The zero-order chi connectivity index (χ0) is 14.0. The Hall–Kier alpha value is 0.210. The van der Waals surface area contributed by atoms with Gasteiger partial charge in [0.1, 0.15) is 0 Å². The van der Waals surface area contributed by atoms with Gasteiger partial charge in [0.25, 0.3) is 0 Å². The van der Waals surface area contributed by atoms with E-state index in [-0.39, 0.29) is 0 Å². The van der Waals surface area contributed by atoms with Crippen LogP contribution in [0.1, 0.15) is 71.1 Å². The Bertz CT molecular complexity index is 138. The van der Waals surface area contributed by atoms with Crippen LogP contribution in [-0.4, -0.2) is 32.3 Å². The molecule has 0 N–H and O–H groups in total. The molecule has 19 heavy (non-hydrogen) atoms. The van der Waals surface area contributed by atoms with E-state index in [2.05, 4.69) is 6.92 Å². The van der Waals surface area contributed by atoms with Crippen molar-refractivity contribution in [3.8, 4) is 0 Å². The third kappa shape index (κ3) is 18.2. The molecule has 0 amide bonds. The molecule has 0 bridgehead atoms. The van der Waals surface area contributed by atoms with E-state index in [0.29, 0.717) is 0 Å². The van der Waals surface area contributed by atoms with Gasteiger partial charge in [-0.3, -0.25) is 0 Å². The van der Waals surface area contributed by atoms with E-state index in [9.17, 15) is 0 Å². The van der Waals surface area contributed by atoms with Crippen molar-refractivity contribution in [3.05, 3.63) is 0 Å². The highest BCUT2D eigenvalue weighted by Crippen LogP contribution is 2.05. The lowest BCUT2D eigenvalue weighted by atomic mass is 10.1. The molecule has 0 aliphatic heterocycles. The molecule has 3 heteroatoms. The Morgan fingerprint density at radius 1 is 0.579 bits per heavy atom. The molecule has 0 rings (SSSR count). The molecule has 0 aliphatic carbocycles. The van der Waals surface area contributed by atoms with Crippen molar-refractivity contribution >= 4 is 11.6 Å². The molecular weight excluding hydrogens is 260 g/mol. The topological polar surface area (TPSA) is 18.5 Å². The highest BCUT2D eigenvalue weighted by molar-refractivity contribution is 6.17. The third-order valence-corrected chi connectivity index (χ3v) is 3.45. The third-order valence-electron chi connectivity index (χ3n) is 3.19. The molecule has 0 spiro atoms. The van der Waals surface area contributed by atoms with Gasteiger partial charge in [0.05, 0.1) is 13.2 Å². The quantitative estimate of drug-likeness (QED) is 0.288. The number of hydrogen-bond acceptors (Lipinski definition) is 2. The second-order valence-corrected chi connectivity index (χ2v) is 5.47. The number of unbranched alkanes of at least 4 members (excludes halogenated alkanes) is 8. The molecule has 116 valence electrons. The second kappa shape index (κ2) is 18.2. The fourth-order valence-electron chi connectivity index (χ4n) is 1.96. The van der Waals surface area contributed by atoms with Crippen LogP contribution in [0, 0.1) is 0 Å². The maximum absolute atomic E-state index is 5.61. The molecule has 0 atom stereocenters. The van der Waals surface area contributed by atoms with Crippen molar-refractivity contribution in [2.24, 2.45) is 0 Å². The molecule has 0 aromatic heterocycles. The van der Waals surface area contributed by atoms with Crippen LogP contribution in [0.2, 0.25) is 0 Å². The van der Waals surface area contributed by atoms with Gasteiger partial charge < -0.3 is 9.47 Å². The maximum atomic E-state index is 5.61. The van der Waals surface area contributed by atoms with Gasteiger partial charge in [0.15, 0.2) is 0 Å². The van der Waals surface area contributed by atoms with Crippen molar-refractivity contribution in [2.45, 2.75) is 71.1 Å². The number of ether oxygens (including phenoxy) is 2. The van der Waals surface area contributed by atoms with Crippen LogP contribution in [0.3, 0.4) is 0 Å². The highest BCUT2D eigenvalue weighted by atomic mass is 35.5. The predicted molar refractivity (Wildman–Crippen MR) is 84.2 cm³/mol. The Morgan fingerprint density at radius 3 is 1.58 bits per heavy atom. The first-order chi connectivity index (χ1) is 9.41. The molecule has 0 unspecified atom stereocenters. The summed E-state index contributed by atoms with van der Waals surface area (Å²) in [6.07, 6.45) is 12.7. The average Bonchev–Trinajstić information content (AvgIpc) is 2.43. The van der Waals surface area contributed by atoms with E-state index in [1.165, 1.54) is 51.4 Å². The molecule has 0 saturated heterocycles. The lowest BCUT2D eigenvalue weighted by Crippen LogP contribution is -2.06. The van der Waals surface area contributed by atoms with Crippen LogP contribution in [0.4, 0.5) is 0 Å². The fourth-order valence-corrected chi connectivity index (χ4v) is 2.15. The van der Waals surface area contributed by atoms with Gasteiger partial charge in [-0.05, 0) is 19.3 Å². The van der Waals surface area contributed by atoms with Crippen molar-refractivity contribution in [3.63, 3.8) is 0 Å². The van der Waals surface area contributed by atoms with Gasteiger partial charge in [-0.2, -0.15) is 0 Å². The van der Waals surface area contributed by atoms with Gasteiger partial charge >= 0.3 is 0 Å². The molecule has 0 saturated carbocycles. The summed E-state index contributed by atoms with van der Waals surface area (Å²) < 4.78 is 11.1. The van der Waals surface area contributed by atoms with E-state index < -0.39 is 0 Å². The largest absolute Gasteiger partial charge is 0.379 e. The van der Waals surface area contributed by atoms with Gasteiger partial charge in [-0.15, -0.1) is 11.6 Å². The zero-order valence-electron chi connectivity index (χ0n) is 12.8. The normalized spacial score (nSPS) is 11.1. The predicted octanol–water partition coefficient (Wildman–Crippen LogP) is 5.18. The molecule has 2 nitrogen and oxygen atoms in total. The minimum absolute atomic E-state index is 0.741. The summed E-state index contributed by atoms with van der Waals surface area (Å²) in [5.41, 5.74) is 0. The van der Waals surface area contributed by atoms with Gasteiger partial charge in [0, 0.05) is 19.1 Å². The Kier molecular flexibility index (Phi) is 18.4. The Labute approximate surface area is 125 Å². The minimum Gasteiger partial charge on any atom is -0.379 e. The van der Waals surface area contributed by atoms with Gasteiger partial charge in [0.2, 0.25) is 0 Å². The number of hydrogen-bond donors (Lipinski definition) is 0. The summed E-state index contributed by atoms with van der Waals surface area (Å²) in [5, 5.41) is 0. The summed E-state index contributed by atoms with van der Waals surface area (Å²) in [6.45, 7) is 5.50. The molecule has 0 aromatic carbocycles. The van der Waals surface area contributed by atoms with E-state index in [4.69, 9.17) is 21.1 Å². The van der Waals surface area contributed by atoms with E-state index in [1.54, 1.807) is 0 Å². The minimum atomic E-state index is 0.741. The first-order valence-electron chi connectivity index (χ1n) is 8.13. The molecule has 0 radical (unpaired) electrons. The van der Waals surface area contributed by atoms with E-state index >= 15 is 0 Å². The Balaban J connectivity index is 2.88. The molecule has 0 fully saturated rings. The first kappa shape index (κ1) is 19.2. The van der Waals surface area contributed by atoms with Crippen LogP contribution >= 0.6 is 11.6 Å². The van der Waals surface area contributed by atoms with Crippen molar-refractivity contribution in [2.75, 3.05) is 32.3 Å². The Morgan fingerprint density at radius 2 is 1.05 bits per heavy atom. The number of halogens is 1. The second-order valence-electron chi connectivity index (χ2n) is 5.10.